The molecule has 0 aliphatic carbocycles. The van der Waals surface area contributed by atoms with Crippen molar-refractivity contribution in [2.75, 3.05) is 26.1 Å². The predicted octanol–water partition coefficient (Wildman–Crippen LogP) is 1.72. The SMILES string of the molecule is CC(N)=O.COc1cc(OC)c(NC(=O)Cn2c(=O)n(CC(=O)NCCc3cccnc3)c(=O)c3ccccc32)cc1Cl. The number of nitrogens with one attached hydrogen (secondary N) is 2. The number of ether oxygens (including phenoxy) is 2. The van der Waals surface area contributed by atoms with Crippen molar-refractivity contribution in [2.24, 2.45) is 5.73 Å². The van der Waals surface area contributed by atoms with Crippen LogP contribution in [0.3, 0.4) is 0 Å². The summed E-state index contributed by atoms with van der Waals surface area (Å²) >= 11 is 6.20. The Kier molecular flexibility index (Phi) is 11.4. The van der Waals surface area contributed by atoms with Crippen LogP contribution in [0.1, 0.15) is 12.5 Å². The first kappa shape index (κ1) is 32.3. The maximum absolute atomic E-state index is 13.4. The number of rotatable bonds is 10. The maximum Gasteiger partial charge on any atom is 0.332 e. The van der Waals surface area contributed by atoms with E-state index in [1.807, 2.05) is 6.07 Å². The number of nitrogens with two attached hydrogens (primary N) is 1. The summed E-state index contributed by atoms with van der Waals surface area (Å²) in [6.07, 6.45) is 3.89. The number of fused-ring (bicyclic) bond motifs is 1. The van der Waals surface area contributed by atoms with Crippen molar-refractivity contribution in [3.63, 3.8) is 0 Å². The second-order valence-electron chi connectivity index (χ2n) is 9.08. The molecule has 2 aromatic heterocycles. The predicted molar refractivity (Wildman–Crippen MR) is 161 cm³/mol. The molecular weight excluding hydrogens is 580 g/mol. The van der Waals surface area contributed by atoms with Gasteiger partial charge in [-0.3, -0.25) is 33.3 Å². The fraction of sp³-hybridized carbons (Fsp3) is 0.241. The number of aromatic nitrogens is 3. The van der Waals surface area contributed by atoms with Gasteiger partial charge in [-0.05, 0) is 36.2 Å². The number of halogens is 1. The van der Waals surface area contributed by atoms with E-state index in [-0.39, 0.29) is 27.5 Å². The first-order valence-electron chi connectivity index (χ1n) is 12.9. The Bertz CT molecular complexity index is 1730. The fourth-order valence-corrected chi connectivity index (χ4v) is 4.29. The van der Waals surface area contributed by atoms with Gasteiger partial charge in [-0.25, -0.2) is 4.79 Å². The Labute approximate surface area is 251 Å². The largest absolute Gasteiger partial charge is 0.495 e. The van der Waals surface area contributed by atoms with Gasteiger partial charge in [0, 0.05) is 31.9 Å². The van der Waals surface area contributed by atoms with Gasteiger partial charge in [0.1, 0.15) is 24.6 Å². The summed E-state index contributed by atoms with van der Waals surface area (Å²) in [6.45, 7) is 0.670. The molecule has 0 radical (unpaired) electrons. The minimum atomic E-state index is -0.795. The van der Waals surface area contributed by atoms with Crippen molar-refractivity contribution in [3.8, 4) is 11.5 Å². The first-order chi connectivity index (χ1) is 20.5. The summed E-state index contributed by atoms with van der Waals surface area (Å²) in [6, 6.07) is 13.1. The van der Waals surface area contributed by atoms with E-state index >= 15 is 0 Å². The summed E-state index contributed by atoms with van der Waals surface area (Å²) < 4.78 is 12.4. The first-order valence-corrected chi connectivity index (χ1v) is 13.3. The molecule has 43 heavy (non-hydrogen) atoms. The molecule has 14 heteroatoms. The number of anilines is 1. The van der Waals surface area contributed by atoms with Crippen molar-refractivity contribution in [3.05, 3.63) is 92.3 Å². The Morgan fingerprint density at radius 2 is 1.63 bits per heavy atom. The van der Waals surface area contributed by atoms with E-state index in [4.69, 9.17) is 21.1 Å². The third-order valence-electron chi connectivity index (χ3n) is 5.94. The Balaban J connectivity index is 0.00000119. The lowest BCUT2D eigenvalue weighted by Gasteiger charge is -2.16. The normalized spacial score (nSPS) is 10.3. The molecule has 226 valence electrons. The summed E-state index contributed by atoms with van der Waals surface area (Å²) in [7, 11) is 2.88. The van der Waals surface area contributed by atoms with E-state index in [9.17, 15) is 24.0 Å². The highest BCUT2D eigenvalue weighted by molar-refractivity contribution is 6.32. The van der Waals surface area contributed by atoms with Crippen molar-refractivity contribution < 1.29 is 23.9 Å². The van der Waals surface area contributed by atoms with Gasteiger partial charge in [0.25, 0.3) is 5.56 Å². The summed E-state index contributed by atoms with van der Waals surface area (Å²) in [5, 5.41) is 5.83. The van der Waals surface area contributed by atoms with E-state index in [2.05, 4.69) is 21.4 Å². The van der Waals surface area contributed by atoms with Crippen LogP contribution < -0.4 is 37.1 Å². The number of para-hydroxylation sites is 1. The molecule has 0 unspecified atom stereocenters. The molecule has 0 spiro atoms. The molecule has 0 aliphatic heterocycles. The number of nitrogens with zero attached hydrogens (tertiary/aromatic N) is 3. The molecule has 4 N–H and O–H groups in total. The van der Waals surface area contributed by atoms with Crippen molar-refractivity contribution in [1.29, 1.82) is 0 Å². The van der Waals surface area contributed by atoms with Gasteiger partial charge < -0.3 is 25.8 Å². The number of amides is 3. The molecule has 0 saturated heterocycles. The van der Waals surface area contributed by atoms with Crippen molar-refractivity contribution in [2.45, 2.75) is 26.4 Å². The van der Waals surface area contributed by atoms with Crippen LogP contribution in [0.5, 0.6) is 11.5 Å². The number of hydrogen-bond acceptors (Lipinski definition) is 8. The molecule has 0 fully saturated rings. The van der Waals surface area contributed by atoms with E-state index in [1.54, 1.807) is 36.7 Å². The quantitative estimate of drug-likeness (QED) is 0.243. The molecule has 4 aromatic rings. The molecule has 2 aromatic carbocycles. The minimum Gasteiger partial charge on any atom is -0.495 e. The highest BCUT2D eigenvalue weighted by atomic mass is 35.5. The molecule has 0 saturated carbocycles. The summed E-state index contributed by atoms with van der Waals surface area (Å²) in [5.74, 6) is -0.760. The van der Waals surface area contributed by atoms with Crippen LogP contribution in [-0.2, 0) is 33.9 Å². The third-order valence-corrected chi connectivity index (χ3v) is 6.24. The highest BCUT2D eigenvalue weighted by Gasteiger charge is 2.19. The van der Waals surface area contributed by atoms with Crippen LogP contribution in [0, 0.1) is 0 Å². The Morgan fingerprint density at radius 1 is 0.953 bits per heavy atom. The average molecular weight is 611 g/mol. The van der Waals surface area contributed by atoms with Crippen LogP contribution in [0.15, 0.2) is 70.5 Å². The minimum absolute atomic E-state index is 0.193. The Hall–Kier alpha value is -5.17. The number of carbonyl (C=O) groups excluding carboxylic acids is 3. The Morgan fingerprint density at radius 3 is 2.28 bits per heavy atom. The molecular formula is C29H31ClN6O7. The fourth-order valence-electron chi connectivity index (χ4n) is 4.05. The van der Waals surface area contributed by atoms with Gasteiger partial charge in [-0.15, -0.1) is 0 Å². The van der Waals surface area contributed by atoms with Crippen LogP contribution in [0.25, 0.3) is 10.9 Å². The van der Waals surface area contributed by atoms with E-state index in [1.165, 1.54) is 39.3 Å². The molecule has 13 nitrogen and oxygen atoms in total. The van der Waals surface area contributed by atoms with Crippen LogP contribution in [0.2, 0.25) is 5.02 Å². The second kappa shape index (κ2) is 15.2. The number of hydrogen-bond donors (Lipinski definition) is 3. The monoisotopic (exact) mass is 610 g/mol. The number of primary amides is 1. The lowest BCUT2D eigenvalue weighted by molar-refractivity contribution is -0.121. The van der Waals surface area contributed by atoms with Gasteiger partial charge in [0.2, 0.25) is 17.7 Å². The summed E-state index contributed by atoms with van der Waals surface area (Å²) in [4.78, 5) is 65.4. The number of methoxy groups -OCH3 is 2. The second-order valence-corrected chi connectivity index (χ2v) is 9.49. The molecule has 0 bridgehead atoms. The molecule has 4 rings (SSSR count). The van der Waals surface area contributed by atoms with Crippen molar-refractivity contribution >= 4 is 45.9 Å². The zero-order chi connectivity index (χ0) is 31.5. The van der Waals surface area contributed by atoms with Crippen LogP contribution >= 0.6 is 11.6 Å². The molecule has 2 heterocycles. The molecule has 0 aliphatic rings. The number of pyridine rings is 1. The average Bonchev–Trinajstić information content (AvgIpc) is 2.98. The lowest BCUT2D eigenvalue weighted by atomic mass is 10.2. The smallest absolute Gasteiger partial charge is 0.332 e. The molecule has 3 amide bonds. The van der Waals surface area contributed by atoms with Gasteiger partial charge in [0.15, 0.2) is 0 Å². The van der Waals surface area contributed by atoms with Crippen LogP contribution in [-0.4, -0.2) is 52.6 Å². The van der Waals surface area contributed by atoms with Gasteiger partial charge in [0.05, 0.1) is 35.8 Å². The zero-order valence-electron chi connectivity index (χ0n) is 23.8. The zero-order valence-corrected chi connectivity index (χ0v) is 24.5. The van der Waals surface area contributed by atoms with E-state index in [0.717, 1.165) is 14.7 Å². The van der Waals surface area contributed by atoms with Gasteiger partial charge in [-0.1, -0.05) is 29.8 Å². The van der Waals surface area contributed by atoms with E-state index < -0.39 is 36.2 Å². The number of carbonyl (C=O) groups is 3. The highest BCUT2D eigenvalue weighted by Crippen LogP contribution is 2.35. The van der Waals surface area contributed by atoms with Gasteiger partial charge in [-0.2, -0.15) is 0 Å². The maximum atomic E-state index is 13.4. The van der Waals surface area contributed by atoms with E-state index in [0.29, 0.717) is 24.5 Å². The van der Waals surface area contributed by atoms with Crippen molar-refractivity contribution in [1.82, 2.24) is 19.4 Å². The topological polar surface area (TPSA) is 177 Å². The van der Waals surface area contributed by atoms with Crippen LogP contribution in [0.4, 0.5) is 5.69 Å². The standard InChI is InChI=1S/C27H26ClN5O6.C2H5NO/c1-38-22-13-23(39-2)20(12-19(22)28)31-25(35)16-32-21-8-4-3-7-18(21)26(36)33(27(32)37)15-24(34)30-11-9-17-6-5-10-29-14-17;1-2(3)4/h3-8,10,12-14H,9,11,15-16H2,1-2H3,(H,30,34)(H,31,35);1H3,(H2,3,4). The third kappa shape index (κ3) is 8.66. The lowest BCUT2D eigenvalue weighted by Crippen LogP contribution is -2.45. The molecule has 0 atom stereocenters. The summed E-state index contributed by atoms with van der Waals surface area (Å²) in [5.41, 5.74) is 4.51. The number of benzene rings is 2. The van der Waals surface area contributed by atoms with Gasteiger partial charge >= 0.3 is 5.69 Å².